The number of rotatable bonds is 3. The molecule has 1 saturated heterocycles. The van der Waals surface area contributed by atoms with E-state index < -0.39 is 0 Å². The van der Waals surface area contributed by atoms with E-state index in [-0.39, 0.29) is 6.29 Å². The quantitative estimate of drug-likeness (QED) is 0.666. The van der Waals surface area contributed by atoms with Gasteiger partial charge < -0.3 is 9.47 Å². The Morgan fingerprint density at radius 3 is 3.00 bits per heavy atom. The SMILES string of the molecule is CC1=CC[C@H](CO[C@@H]2CCCCO2)CC1. The third-order valence-corrected chi connectivity index (χ3v) is 3.40. The third kappa shape index (κ3) is 3.62. The van der Waals surface area contributed by atoms with Crippen molar-refractivity contribution in [3.05, 3.63) is 11.6 Å². The van der Waals surface area contributed by atoms with Crippen LogP contribution in [-0.2, 0) is 9.47 Å². The van der Waals surface area contributed by atoms with Crippen molar-refractivity contribution in [2.24, 2.45) is 5.92 Å². The van der Waals surface area contributed by atoms with E-state index in [9.17, 15) is 0 Å². The molecular formula is C13H22O2. The van der Waals surface area contributed by atoms with Crippen LogP contribution in [0.1, 0.15) is 45.4 Å². The van der Waals surface area contributed by atoms with E-state index in [1.807, 2.05) is 0 Å². The number of ether oxygens (including phenoxy) is 2. The fourth-order valence-corrected chi connectivity index (χ4v) is 2.26. The van der Waals surface area contributed by atoms with Crippen LogP contribution in [0.3, 0.4) is 0 Å². The van der Waals surface area contributed by atoms with Crippen LogP contribution in [0.4, 0.5) is 0 Å². The molecule has 86 valence electrons. The largest absolute Gasteiger partial charge is 0.353 e. The summed E-state index contributed by atoms with van der Waals surface area (Å²) in [5, 5.41) is 0. The molecule has 1 aliphatic carbocycles. The molecule has 2 nitrogen and oxygen atoms in total. The zero-order valence-electron chi connectivity index (χ0n) is 9.71. The number of hydrogen-bond acceptors (Lipinski definition) is 2. The molecule has 0 unspecified atom stereocenters. The lowest BCUT2D eigenvalue weighted by Crippen LogP contribution is -2.25. The van der Waals surface area contributed by atoms with Crippen molar-refractivity contribution in [3.63, 3.8) is 0 Å². The summed E-state index contributed by atoms with van der Waals surface area (Å²) in [6.45, 7) is 3.99. The maximum absolute atomic E-state index is 5.81. The van der Waals surface area contributed by atoms with Crippen LogP contribution in [-0.4, -0.2) is 19.5 Å². The van der Waals surface area contributed by atoms with Crippen molar-refractivity contribution >= 4 is 0 Å². The van der Waals surface area contributed by atoms with E-state index >= 15 is 0 Å². The van der Waals surface area contributed by atoms with Crippen molar-refractivity contribution in [1.82, 2.24) is 0 Å². The van der Waals surface area contributed by atoms with Gasteiger partial charge in [-0.15, -0.1) is 0 Å². The molecule has 0 saturated carbocycles. The lowest BCUT2D eigenvalue weighted by molar-refractivity contribution is -0.169. The topological polar surface area (TPSA) is 18.5 Å². The van der Waals surface area contributed by atoms with E-state index in [2.05, 4.69) is 13.0 Å². The Kier molecular flexibility index (Phi) is 4.21. The van der Waals surface area contributed by atoms with Gasteiger partial charge in [-0.05, 0) is 51.4 Å². The first kappa shape index (κ1) is 11.2. The van der Waals surface area contributed by atoms with Crippen LogP contribution in [0, 0.1) is 5.92 Å². The Balaban J connectivity index is 1.65. The molecule has 0 bridgehead atoms. The van der Waals surface area contributed by atoms with Crippen LogP contribution in [0.25, 0.3) is 0 Å². The minimum Gasteiger partial charge on any atom is -0.353 e. The molecule has 2 atom stereocenters. The van der Waals surface area contributed by atoms with Crippen molar-refractivity contribution in [1.29, 1.82) is 0 Å². The summed E-state index contributed by atoms with van der Waals surface area (Å²) in [5.41, 5.74) is 1.54. The van der Waals surface area contributed by atoms with Gasteiger partial charge in [0.05, 0.1) is 6.61 Å². The van der Waals surface area contributed by atoms with Crippen molar-refractivity contribution < 1.29 is 9.47 Å². The van der Waals surface area contributed by atoms with Gasteiger partial charge in [0.2, 0.25) is 0 Å². The smallest absolute Gasteiger partial charge is 0.157 e. The molecule has 1 aliphatic heterocycles. The highest BCUT2D eigenvalue weighted by molar-refractivity contribution is 5.02. The minimum absolute atomic E-state index is 0.0887. The Labute approximate surface area is 92.6 Å². The molecule has 2 heteroatoms. The molecule has 2 aliphatic rings. The second kappa shape index (κ2) is 5.66. The Morgan fingerprint density at radius 1 is 1.40 bits per heavy atom. The molecule has 15 heavy (non-hydrogen) atoms. The first-order valence-corrected chi connectivity index (χ1v) is 6.23. The molecule has 0 spiro atoms. The van der Waals surface area contributed by atoms with E-state index in [1.54, 1.807) is 5.57 Å². The van der Waals surface area contributed by atoms with Crippen molar-refractivity contribution in [2.45, 2.75) is 51.7 Å². The third-order valence-electron chi connectivity index (χ3n) is 3.40. The highest BCUT2D eigenvalue weighted by Crippen LogP contribution is 2.24. The molecule has 0 aromatic heterocycles. The van der Waals surface area contributed by atoms with Crippen molar-refractivity contribution in [2.75, 3.05) is 13.2 Å². The van der Waals surface area contributed by atoms with Gasteiger partial charge in [-0.25, -0.2) is 0 Å². The van der Waals surface area contributed by atoms with E-state index in [0.717, 1.165) is 25.6 Å². The lowest BCUT2D eigenvalue weighted by atomic mass is 9.91. The summed E-state index contributed by atoms with van der Waals surface area (Å²) in [4.78, 5) is 0. The normalized spacial score (nSPS) is 32.5. The summed E-state index contributed by atoms with van der Waals surface area (Å²) in [6.07, 6.45) is 9.72. The summed E-state index contributed by atoms with van der Waals surface area (Å²) in [5.74, 6) is 0.722. The van der Waals surface area contributed by atoms with Crippen LogP contribution >= 0.6 is 0 Å². The number of allylic oxidation sites excluding steroid dienone is 2. The van der Waals surface area contributed by atoms with Gasteiger partial charge in [0, 0.05) is 6.61 Å². The van der Waals surface area contributed by atoms with Gasteiger partial charge in [-0.2, -0.15) is 0 Å². The maximum Gasteiger partial charge on any atom is 0.157 e. The fraction of sp³-hybridized carbons (Fsp3) is 0.846. The van der Waals surface area contributed by atoms with Crippen LogP contribution in [0.2, 0.25) is 0 Å². The van der Waals surface area contributed by atoms with Gasteiger partial charge in [0.15, 0.2) is 6.29 Å². The second-order valence-electron chi connectivity index (χ2n) is 4.82. The second-order valence-corrected chi connectivity index (χ2v) is 4.82. The molecular weight excluding hydrogens is 188 g/mol. The predicted molar refractivity (Wildman–Crippen MR) is 60.6 cm³/mol. The summed E-state index contributed by atoms with van der Waals surface area (Å²) in [7, 11) is 0. The standard InChI is InChI=1S/C13H22O2/c1-11-5-7-12(8-6-11)10-15-13-4-2-3-9-14-13/h5,12-13H,2-4,6-10H2,1H3/t12-,13+/m0/s1. The lowest BCUT2D eigenvalue weighted by Gasteiger charge is -2.26. The Bertz CT molecular complexity index is 217. The maximum atomic E-state index is 5.81. The zero-order valence-corrected chi connectivity index (χ0v) is 9.71. The van der Waals surface area contributed by atoms with E-state index in [0.29, 0.717) is 0 Å². The van der Waals surface area contributed by atoms with Gasteiger partial charge >= 0.3 is 0 Å². The van der Waals surface area contributed by atoms with Crippen LogP contribution in [0.15, 0.2) is 11.6 Å². The molecule has 0 aromatic carbocycles. The van der Waals surface area contributed by atoms with Crippen LogP contribution in [0.5, 0.6) is 0 Å². The van der Waals surface area contributed by atoms with Gasteiger partial charge in [-0.3, -0.25) is 0 Å². The summed E-state index contributed by atoms with van der Waals surface area (Å²) in [6, 6.07) is 0. The van der Waals surface area contributed by atoms with Crippen molar-refractivity contribution in [3.8, 4) is 0 Å². The molecule has 0 N–H and O–H groups in total. The first-order valence-electron chi connectivity index (χ1n) is 6.23. The van der Waals surface area contributed by atoms with Gasteiger partial charge in [0.1, 0.15) is 0 Å². The summed E-state index contributed by atoms with van der Waals surface area (Å²) < 4.78 is 11.4. The molecule has 1 fully saturated rings. The van der Waals surface area contributed by atoms with Crippen LogP contribution < -0.4 is 0 Å². The Hall–Kier alpha value is -0.340. The predicted octanol–water partition coefficient (Wildman–Crippen LogP) is 3.28. The molecule has 0 aromatic rings. The zero-order chi connectivity index (χ0) is 10.5. The van der Waals surface area contributed by atoms with E-state index in [4.69, 9.17) is 9.47 Å². The average Bonchev–Trinajstić information content (AvgIpc) is 2.30. The number of hydrogen-bond donors (Lipinski definition) is 0. The summed E-state index contributed by atoms with van der Waals surface area (Å²) >= 11 is 0. The van der Waals surface area contributed by atoms with Gasteiger partial charge in [-0.1, -0.05) is 11.6 Å². The fourth-order valence-electron chi connectivity index (χ4n) is 2.26. The first-order chi connectivity index (χ1) is 7.34. The molecule has 0 radical (unpaired) electrons. The molecule has 0 amide bonds. The van der Waals surface area contributed by atoms with Gasteiger partial charge in [0.25, 0.3) is 0 Å². The van der Waals surface area contributed by atoms with E-state index in [1.165, 1.54) is 32.1 Å². The molecule has 1 heterocycles. The molecule has 2 rings (SSSR count). The highest BCUT2D eigenvalue weighted by Gasteiger charge is 2.18. The monoisotopic (exact) mass is 210 g/mol. The Morgan fingerprint density at radius 2 is 2.33 bits per heavy atom. The highest BCUT2D eigenvalue weighted by atomic mass is 16.7. The minimum atomic E-state index is 0.0887. The average molecular weight is 210 g/mol.